The molecule has 1 amide bonds. The van der Waals surface area contributed by atoms with Crippen LogP contribution in [-0.2, 0) is 40.6 Å². The molecular formula is C19H22N2O3S. The summed E-state index contributed by atoms with van der Waals surface area (Å²) in [6.45, 7) is 0.302. The van der Waals surface area contributed by atoms with Gasteiger partial charge in [-0.3, -0.25) is 4.79 Å². The van der Waals surface area contributed by atoms with Crippen LogP contribution in [0.15, 0.2) is 47.4 Å². The van der Waals surface area contributed by atoms with E-state index in [1.165, 1.54) is 30.7 Å². The van der Waals surface area contributed by atoms with Crippen LogP contribution < -0.4 is 10.0 Å². The lowest BCUT2D eigenvalue weighted by atomic mass is 10.0. The van der Waals surface area contributed by atoms with E-state index < -0.39 is 10.0 Å². The van der Waals surface area contributed by atoms with Crippen LogP contribution in [0.5, 0.6) is 0 Å². The second-order valence-electron chi connectivity index (χ2n) is 6.27. The molecule has 0 saturated heterocycles. The molecule has 0 aromatic heterocycles. The lowest BCUT2D eigenvalue weighted by Crippen LogP contribution is -2.25. The van der Waals surface area contributed by atoms with Crippen molar-refractivity contribution in [2.24, 2.45) is 0 Å². The van der Waals surface area contributed by atoms with Gasteiger partial charge >= 0.3 is 0 Å². The van der Waals surface area contributed by atoms with Gasteiger partial charge in [-0.1, -0.05) is 30.3 Å². The lowest BCUT2D eigenvalue weighted by molar-refractivity contribution is -0.120. The van der Waals surface area contributed by atoms with Crippen molar-refractivity contribution < 1.29 is 13.2 Å². The quantitative estimate of drug-likeness (QED) is 0.829. The third-order valence-electron chi connectivity index (χ3n) is 4.49. The molecule has 0 radical (unpaired) electrons. The molecule has 5 nitrogen and oxygen atoms in total. The highest BCUT2D eigenvalue weighted by Crippen LogP contribution is 2.23. The predicted octanol–water partition coefficient (Wildman–Crippen LogP) is 1.94. The maximum atomic E-state index is 12.2. The molecule has 1 aliphatic carbocycles. The van der Waals surface area contributed by atoms with E-state index in [4.69, 9.17) is 0 Å². The molecule has 2 aromatic carbocycles. The van der Waals surface area contributed by atoms with E-state index in [-0.39, 0.29) is 10.8 Å². The van der Waals surface area contributed by atoms with Crippen molar-refractivity contribution in [1.29, 1.82) is 0 Å². The SMILES string of the molecule is CNS(=O)(=O)c1cccc(CNC(=O)Cc2ccc3c(c2)CCC3)c1. The Labute approximate surface area is 148 Å². The van der Waals surface area contributed by atoms with Gasteiger partial charge in [-0.2, -0.15) is 0 Å². The summed E-state index contributed by atoms with van der Waals surface area (Å²) in [5, 5.41) is 2.86. The molecule has 0 aliphatic heterocycles. The Kier molecular flexibility index (Phi) is 5.20. The fraction of sp³-hybridized carbons (Fsp3) is 0.316. The molecule has 0 spiro atoms. The molecule has 2 aromatic rings. The Morgan fingerprint density at radius 2 is 1.84 bits per heavy atom. The molecule has 0 heterocycles. The van der Waals surface area contributed by atoms with Gasteiger partial charge in [0.15, 0.2) is 0 Å². The molecule has 132 valence electrons. The summed E-state index contributed by atoms with van der Waals surface area (Å²) < 4.78 is 25.9. The van der Waals surface area contributed by atoms with Crippen molar-refractivity contribution in [3.63, 3.8) is 0 Å². The van der Waals surface area contributed by atoms with Crippen molar-refractivity contribution in [3.05, 3.63) is 64.7 Å². The number of hydrogen-bond acceptors (Lipinski definition) is 3. The second kappa shape index (κ2) is 7.37. The molecule has 1 aliphatic rings. The largest absolute Gasteiger partial charge is 0.352 e. The highest BCUT2D eigenvalue weighted by atomic mass is 32.2. The summed E-state index contributed by atoms with van der Waals surface area (Å²) in [7, 11) is -2.10. The van der Waals surface area contributed by atoms with Crippen LogP contribution in [0.3, 0.4) is 0 Å². The Bertz CT molecular complexity index is 891. The Morgan fingerprint density at radius 3 is 2.64 bits per heavy atom. The van der Waals surface area contributed by atoms with Gasteiger partial charge in [-0.25, -0.2) is 13.1 Å². The first-order valence-corrected chi connectivity index (χ1v) is 9.86. The standard InChI is InChI=1S/C19H22N2O3S/c1-20-25(23,24)18-7-2-4-15(11-18)13-21-19(22)12-14-8-9-16-5-3-6-17(16)10-14/h2,4,7-11,20H,3,5-6,12-13H2,1H3,(H,21,22). The summed E-state index contributed by atoms with van der Waals surface area (Å²) in [5.41, 5.74) is 4.52. The molecule has 6 heteroatoms. The van der Waals surface area contributed by atoms with Crippen LogP contribution in [0.25, 0.3) is 0 Å². The number of nitrogens with one attached hydrogen (secondary N) is 2. The molecule has 0 fully saturated rings. The van der Waals surface area contributed by atoms with Gasteiger partial charge < -0.3 is 5.32 Å². The number of carbonyl (C=O) groups is 1. The van der Waals surface area contributed by atoms with Gasteiger partial charge in [-0.05, 0) is 60.7 Å². The van der Waals surface area contributed by atoms with Crippen LogP contribution in [0.4, 0.5) is 0 Å². The van der Waals surface area contributed by atoms with Gasteiger partial charge in [0.05, 0.1) is 11.3 Å². The molecule has 25 heavy (non-hydrogen) atoms. The monoisotopic (exact) mass is 358 g/mol. The molecular weight excluding hydrogens is 336 g/mol. The fourth-order valence-electron chi connectivity index (χ4n) is 3.12. The minimum absolute atomic E-state index is 0.0696. The number of benzene rings is 2. The summed E-state index contributed by atoms with van der Waals surface area (Å²) >= 11 is 0. The lowest BCUT2D eigenvalue weighted by Gasteiger charge is -2.09. The maximum absolute atomic E-state index is 12.2. The molecule has 0 bridgehead atoms. The van der Waals surface area contributed by atoms with Crippen molar-refractivity contribution >= 4 is 15.9 Å². The zero-order chi connectivity index (χ0) is 17.9. The van der Waals surface area contributed by atoms with Crippen LogP contribution in [0.1, 0.15) is 28.7 Å². The van der Waals surface area contributed by atoms with E-state index in [1.807, 2.05) is 6.07 Å². The number of aryl methyl sites for hydroxylation is 2. The average molecular weight is 358 g/mol. The van der Waals surface area contributed by atoms with Gasteiger partial charge in [0.1, 0.15) is 0 Å². The number of rotatable bonds is 6. The zero-order valence-corrected chi connectivity index (χ0v) is 15.0. The normalized spacial score (nSPS) is 13.5. The summed E-state index contributed by atoms with van der Waals surface area (Å²) in [4.78, 5) is 12.4. The molecule has 0 unspecified atom stereocenters. The molecule has 3 rings (SSSR count). The number of fused-ring (bicyclic) bond motifs is 1. The maximum Gasteiger partial charge on any atom is 0.240 e. The van der Waals surface area contributed by atoms with Gasteiger partial charge in [-0.15, -0.1) is 0 Å². The predicted molar refractivity (Wildman–Crippen MR) is 96.7 cm³/mol. The smallest absolute Gasteiger partial charge is 0.240 e. The number of carbonyl (C=O) groups excluding carboxylic acids is 1. The first kappa shape index (κ1) is 17.6. The molecule has 0 atom stereocenters. The molecule has 2 N–H and O–H groups in total. The van der Waals surface area contributed by atoms with E-state index in [1.54, 1.807) is 18.2 Å². The third kappa shape index (κ3) is 4.27. The van der Waals surface area contributed by atoms with Gasteiger partial charge in [0, 0.05) is 6.54 Å². The number of hydrogen-bond donors (Lipinski definition) is 2. The second-order valence-corrected chi connectivity index (χ2v) is 8.15. The highest BCUT2D eigenvalue weighted by molar-refractivity contribution is 7.89. The topological polar surface area (TPSA) is 75.3 Å². The first-order valence-electron chi connectivity index (χ1n) is 8.38. The fourth-order valence-corrected chi connectivity index (χ4v) is 3.92. The zero-order valence-electron chi connectivity index (χ0n) is 14.2. The summed E-state index contributed by atoms with van der Waals surface area (Å²) in [6, 6.07) is 12.8. The third-order valence-corrected chi connectivity index (χ3v) is 5.91. The average Bonchev–Trinajstić information content (AvgIpc) is 3.08. The Balaban J connectivity index is 1.60. The molecule has 0 saturated carbocycles. The van der Waals surface area contributed by atoms with Crippen LogP contribution in [-0.4, -0.2) is 21.4 Å². The minimum Gasteiger partial charge on any atom is -0.352 e. The van der Waals surface area contributed by atoms with E-state index in [9.17, 15) is 13.2 Å². The van der Waals surface area contributed by atoms with E-state index in [0.717, 1.165) is 24.0 Å². The van der Waals surface area contributed by atoms with Crippen LogP contribution >= 0.6 is 0 Å². The van der Waals surface area contributed by atoms with Crippen molar-refractivity contribution in [2.75, 3.05) is 7.05 Å². The minimum atomic E-state index is -3.48. The number of amides is 1. The van der Waals surface area contributed by atoms with Crippen molar-refractivity contribution in [3.8, 4) is 0 Å². The highest BCUT2D eigenvalue weighted by Gasteiger charge is 2.13. The van der Waals surface area contributed by atoms with Crippen LogP contribution in [0.2, 0.25) is 0 Å². The Hall–Kier alpha value is -2.18. The Morgan fingerprint density at radius 1 is 1.04 bits per heavy atom. The van der Waals surface area contributed by atoms with E-state index in [2.05, 4.69) is 22.2 Å². The van der Waals surface area contributed by atoms with E-state index >= 15 is 0 Å². The number of sulfonamides is 1. The first-order chi connectivity index (χ1) is 12.0. The van der Waals surface area contributed by atoms with Crippen LogP contribution in [0, 0.1) is 0 Å². The van der Waals surface area contributed by atoms with E-state index in [0.29, 0.717) is 13.0 Å². The van der Waals surface area contributed by atoms with Gasteiger partial charge in [0.25, 0.3) is 0 Å². The van der Waals surface area contributed by atoms with Crippen molar-refractivity contribution in [2.45, 2.75) is 37.1 Å². The van der Waals surface area contributed by atoms with Gasteiger partial charge in [0.2, 0.25) is 15.9 Å². The summed E-state index contributed by atoms with van der Waals surface area (Å²) in [6.07, 6.45) is 3.75. The van der Waals surface area contributed by atoms with Crippen molar-refractivity contribution in [1.82, 2.24) is 10.0 Å². The summed E-state index contributed by atoms with van der Waals surface area (Å²) in [5.74, 6) is -0.0696.